The topological polar surface area (TPSA) is 77.2 Å². The maximum atomic E-state index is 12.4. The number of anilines is 1. The van der Waals surface area contributed by atoms with Gasteiger partial charge >= 0.3 is 0 Å². The molecular weight excluding hydrogens is 282 g/mol. The van der Waals surface area contributed by atoms with Gasteiger partial charge in [0.05, 0.1) is 25.5 Å². The van der Waals surface area contributed by atoms with Crippen molar-refractivity contribution in [1.82, 2.24) is 0 Å². The second-order valence-electron chi connectivity index (χ2n) is 3.97. The van der Waals surface area contributed by atoms with Gasteiger partial charge in [0.15, 0.2) is 0 Å². The van der Waals surface area contributed by atoms with Crippen LogP contribution in [0.5, 0.6) is 0 Å². The Morgan fingerprint density at radius 2 is 1.63 bits per heavy atom. The zero-order valence-corrected chi connectivity index (χ0v) is 11.9. The van der Waals surface area contributed by atoms with Crippen molar-refractivity contribution in [3.8, 4) is 0 Å². The minimum absolute atomic E-state index is 0.0955. The van der Waals surface area contributed by atoms with Crippen LogP contribution < -0.4 is 5.73 Å². The highest BCUT2D eigenvalue weighted by atomic mass is 32.2. The van der Waals surface area contributed by atoms with Crippen molar-refractivity contribution < 1.29 is 12.6 Å². The summed E-state index contributed by atoms with van der Waals surface area (Å²) in [5, 5.41) is 0. The summed E-state index contributed by atoms with van der Waals surface area (Å²) in [4.78, 5) is 0.628. The molecular formula is C13H13NO3S2. The van der Waals surface area contributed by atoms with E-state index in [1.165, 1.54) is 36.6 Å². The molecule has 0 aromatic heterocycles. The van der Waals surface area contributed by atoms with E-state index in [9.17, 15) is 12.6 Å². The predicted molar refractivity (Wildman–Crippen MR) is 75.1 cm³/mol. The lowest BCUT2D eigenvalue weighted by Crippen LogP contribution is -2.04. The normalized spacial score (nSPS) is 13.1. The van der Waals surface area contributed by atoms with Crippen LogP contribution in [-0.4, -0.2) is 18.9 Å². The van der Waals surface area contributed by atoms with Gasteiger partial charge < -0.3 is 5.73 Å². The Balaban J connectivity index is 2.60. The first-order valence-corrected chi connectivity index (χ1v) is 8.50. The molecule has 0 heterocycles. The average Bonchev–Trinajstić information content (AvgIpc) is 2.39. The second-order valence-corrected chi connectivity index (χ2v) is 7.27. The van der Waals surface area contributed by atoms with Gasteiger partial charge in [-0.3, -0.25) is 4.21 Å². The molecule has 0 saturated heterocycles. The van der Waals surface area contributed by atoms with Crippen LogP contribution in [0.15, 0.2) is 63.2 Å². The van der Waals surface area contributed by atoms with Gasteiger partial charge in [0, 0.05) is 11.9 Å². The predicted octanol–water partition coefficient (Wildman–Crippen LogP) is 1.84. The maximum Gasteiger partial charge on any atom is 0.206 e. The lowest BCUT2D eigenvalue weighted by Gasteiger charge is -2.08. The molecule has 2 aromatic carbocycles. The van der Waals surface area contributed by atoms with Gasteiger partial charge in [-0.1, -0.05) is 18.2 Å². The Bertz CT molecular complexity index is 725. The van der Waals surface area contributed by atoms with Crippen molar-refractivity contribution in [2.24, 2.45) is 0 Å². The standard InChI is InChI=1S/C13H13NO3S2/c1-18(15)13-9-11(7-8-12(13)14)19(16,17)10-5-3-2-4-6-10/h2-9H,14H2,1H3. The van der Waals surface area contributed by atoms with Crippen molar-refractivity contribution in [3.05, 3.63) is 48.5 Å². The Morgan fingerprint density at radius 1 is 1.00 bits per heavy atom. The van der Waals surface area contributed by atoms with Gasteiger partial charge in [0.25, 0.3) is 0 Å². The van der Waals surface area contributed by atoms with E-state index in [4.69, 9.17) is 5.73 Å². The van der Waals surface area contributed by atoms with Crippen molar-refractivity contribution >= 4 is 26.3 Å². The number of nitrogens with two attached hydrogens (primary N) is 1. The summed E-state index contributed by atoms with van der Waals surface area (Å²) in [6.45, 7) is 0. The number of sulfone groups is 1. The Kier molecular flexibility index (Phi) is 3.73. The molecule has 0 aliphatic carbocycles. The first kappa shape index (κ1) is 13.8. The van der Waals surface area contributed by atoms with E-state index in [0.717, 1.165) is 0 Å². The fourth-order valence-electron chi connectivity index (χ4n) is 1.67. The Morgan fingerprint density at radius 3 is 2.21 bits per heavy atom. The Labute approximate surface area is 114 Å². The smallest absolute Gasteiger partial charge is 0.206 e. The summed E-state index contributed by atoms with van der Waals surface area (Å²) >= 11 is 0. The van der Waals surface area contributed by atoms with Crippen LogP contribution >= 0.6 is 0 Å². The summed E-state index contributed by atoms with van der Waals surface area (Å²) in [6.07, 6.45) is 1.46. The maximum absolute atomic E-state index is 12.4. The van der Waals surface area contributed by atoms with Crippen LogP contribution in [0.2, 0.25) is 0 Å². The average molecular weight is 295 g/mol. The summed E-state index contributed by atoms with van der Waals surface area (Å²) in [7, 11) is -4.93. The van der Waals surface area contributed by atoms with Gasteiger partial charge in [0.2, 0.25) is 9.84 Å². The van der Waals surface area contributed by atoms with E-state index in [1.54, 1.807) is 18.2 Å². The molecule has 1 unspecified atom stereocenters. The fraction of sp³-hybridized carbons (Fsp3) is 0.0769. The van der Waals surface area contributed by atoms with Gasteiger partial charge in [-0.05, 0) is 30.3 Å². The molecule has 1 atom stereocenters. The van der Waals surface area contributed by atoms with E-state index in [2.05, 4.69) is 0 Å². The van der Waals surface area contributed by atoms with Gasteiger partial charge in [-0.25, -0.2) is 8.42 Å². The third-order valence-electron chi connectivity index (χ3n) is 2.66. The molecule has 0 aliphatic heterocycles. The summed E-state index contributed by atoms with van der Waals surface area (Å²) in [5.41, 5.74) is 6.01. The van der Waals surface area contributed by atoms with Crippen molar-refractivity contribution in [2.75, 3.05) is 12.0 Å². The first-order chi connectivity index (χ1) is 8.93. The lowest BCUT2D eigenvalue weighted by molar-refractivity contribution is 0.596. The van der Waals surface area contributed by atoms with Gasteiger partial charge in [-0.2, -0.15) is 0 Å². The summed E-state index contributed by atoms with van der Waals surface area (Å²) in [5.74, 6) is 0. The van der Waals surface area contributed by atoms with E-state index < -0.39 is 20.6 Å². The van der Waals surface area contributed by atoms with Crippen molar-refractivity contribution in [1.29, 1.82) is 0 Å². The molecule has 0 spiro atoms. The third kappa shape index (κ3) is 2.69. The molecule has 0 fully saturated rings. The number of hydrogen-bond acceptors (Lipinski definition) is 4. The first-order valence-electron chi connectivity index (χ1n) is 5.46. The highest BCUT2D eigenvalue weighted by molar-refractivity contribution is 7.91. The highest BCUT2D eigenvalue weighted by Gasteiger charge is 2.19. The molecule has 2 N–H and O–H groups in total. The van der Waals surface area contributed by atoms with E-state index in [-0.39, 0.29) is 9.79 Å². The van der Waals surface area contributed by atoms with Crippen LogP contribution in [-0.2, 0) is 20.6 Å². The quantitative estimate of drug-likeness (QED) is 0.876. The molecule has 0 aliphatic rings. The van der Waals surface area contributed by atoms with Gasteiger partial charge in [-0.15, -0.1) is 0 Å². The number of benzene rings is 2. The number of nitrogen functional groups attached to an aromatic ring is 1. The van der Waals surface area contributed by atoms with E-state index >= 15 is 0 Å². The molecule has 0 radical (unpaired) electrons. The molecule has 6 heteroatoms. The monoisotopic (exact) mass is 295 g/mol. The molecule has 0 bridgehead atoms. The minimum Gasteiger partial charge on any atom is -0.398 e. The molecule has 0 saturated carbocycles. The number of rotatable bonds is 3. The number of hydrogen-bond donors (Lipinski definition) is 1. The zero-order valence-electron chi connectivity index (χ0n) is 10.2. The highest BCUT2D eigenvalue weighted by Crippen LogP contribution is 2.25. The SMILES string of the molecule is CS(=O)c1cc(S(=O)(=O)c2ccccc2)ccc1N. The minimum atomic E-state index is -3.60. The largest absolute Gasteiger partial charge is 0.398 e. The van der Waals surface area contributed by atoms with Crippen LogP contribution in [0.25, 0.3) is 0 Å². The van der Waals surface area contributed by atoms with Crippen LogP contribution in [0.1, 0.15) is 0 Å². The van der Waals surface area contributed by atoms with Crippen LogP contribution in [0, 0.1) is 0 Å². The van der Waals surface area contributed by atoms with Crippen LogP contribution in [0.3, 0.4) is 0 Å². The van der Waals surface area contributed by atoms with E-state index in [0.29, 0.717) is 10.6 Å². The molecule has 2 rings (SSSR count). The summed E-state index contributed by atoms with van der Waals surface area (Å²) in [6, 6.07) is 12.4. The zero-order chi connectivity index (χ0) is 14.0. The van der Waals surface area contributed by atoms with E-state index in [1.807, 2.05) is 0 Å². The second kappa shape index (κ2) is 5.14. The molecule has 100 valence electrons. The van der Waals surface area contributed by atoms with Gasteiger partial charge in [0.1, 0.15) is 0 Å². The van der Waals surface area contributed by atoms with Crippen LogP contribution in [0.4, 0.5) is 5.69 Å². The fourth-order valence-corrected chi connectivity index (χ4v) is 3.74. The lowest BCUT2D eigenvalue weighted by atomic mass is 10.3. The van der Waals surface area contributed by atoms with Crippen molar-refractivity contribution in [2.45, 2.75) is 14.7 Å². The third-order valence-corrected chi connectivity index (χ3v) is 5.40. The van der Waals surface area contributed by atoms with Crippen molar-refractivity contribution in [3.63, 3.8) is 0 Å². The molecule has 4 nitrogen and oxygen atoms in total. The molecule has 0 amide bonds. The molecule has 19 heavy (non-hydrogen) atoms. The molecule has 2 aromatic rings. The Hall–Kier alpha value is -1.66. The summed E-state index contributed by atoms with van der Waals surface area (Å²) < 4.78 is 36.3.